The Morgan fingerprint density at radius 2 is 1.70 bits per heavy atom. The number of carbonyl (C=O) groups excluding carboxylic acids is 2. The predicted molar refractivity (Wildman–Crippen MR) is 88.6 cm³/mol. The van der Waals surface area contributed by atoms with E-state index in [4.69, 9.17) is 27.9 Å². The lowest BCUT2D eigenvalue weighted by Crippen LogP contribution is -2.47. The number of halogens is 2. The zero-order valence-corrected chi connectivity index (χ0v) is 13.7. The average molecular weight is 353 g/mol. The summed E-state index contributed by atoms with van der Waals surface area (Å²) in [5, 5.41) is 1.03. The molecule has 2 aromatic carbocycles. The summed E-state index contributed by atoms with van der Waals surface area (Å²) in [6.07, 6.45) is -0.806. The minimum absolute atomic E-state index is 0.373. The number of hydrazine groups is 1. The van der Waals surface area contributed by atoms with Gasteiger partial charge in [-0.2, -0.15) is 0 Å². The monoisotopic (exact) mass is 352 g/mol. The van der Waals surface area contributed by atoms with Gasteiger partial charge in [-0.25, -0.2) is 0 Å². The van der Waals surface area contributed by atoms with Crippen molar-refractivity contribution in [2.45, 2.75) is 13.0 Å². The van der Waals surface area contributed by atoms with E-state index < -0.39 is 17.9 Å². The molecular weight excluding hydrogens is 339 g/mol. The molecule has 1 unspecified atom stereocenters. The molecule has 0 aliphatic rings. The van der Waals surface area contributed by atoms with Crippen LogP contribution in [0.5, 0.6) is 5.75 Å². The van der Waals surface area contributed by atoms with Gasteiger partial charge in [0.05, 0.1) is 0 Å². The van der Waals surface area contributed by atoms with Gasteiger partial charge in [-0.3, -0.25) is 20.4 Å². The van der Waals surface area contributed by atoms with Crippen LogP contribution in [0.1, 0.15) is 17.3 Å². The van der Waals surface area contributed by atoms with Crippen LogP contribution in [-0.2, 0) is 4.79 Å². The van der Waals surface area contributed by atoms with E-state index in [0.717, 1.165) is 0 Å². The van der Waals surface area contributed by atoms with Crippen LogP contribution in [0, 0.1) is 0 Å². The van der Waals surface area contributed by atoms with Crippen LogP contribution in [-0.4, -0.2) is 17.9 Å². The van der Waals surface area contributed by atoms with Gasteiger partial charge in [-0.1, -0.05) is 29.3 Å². The highest BCUT2D eigenvalue weighted by Gasteiger charge is 2.16. The van der Waals surface area contributed by atoms with E-state index in [1.54, 1.807) is 55.5 Å². The molecule has 120 valence electrons. The number of amides is 2. The molecule has 2 rings (SSSR count). The van der Waals surface area contributed by atoms with Crippen molar-refractivity contribution in [3.05, 3.63) is 64.1 Å². The molecule has 23 heavy (non-hydrogen) atoms. The Balaban J connectivity index is 1.86. The van der Waals surface area contributed by atoms with Crippen LogP contribution in [0.3, 0.4) is 0 Å². The molecular formula is C16H14Cl2N2O3. The highest BCUT2D eigenvalue weighted by atomic mass is 35.5. The van der Waals surface area contributed by atoms with Crippen LogP contribution in [0.25, 0.3) is 0 Å². The summed E-state index contributed by atoms with van der Waals surface area (Å²) >= 11 is 11.6. The zero-order chi connectivity index (χ0) is 16.8. The third kappa shape index (κ3) is 5.16. The van der Waals surface area contributed by atoms with Gasteiger partial charge in [0.1, 0.15) is 5.75 Å². The summed E-state index contributed by atoms with van der Waals surface area (Å²) in [4.78, 5) is 23.8. The number of benzene rings is 2. The SMILES string of the molecule is CC(Oc1cccc(Cl)c1)C(=O)NNC(=O)c1ccc(Cl)cc1. The maximum Gasteiger partial charge on any atom is 0.279 e. The van der Waals surface area contributed by atoms with E-state index in [1.807, 2.05) is 0 Å². The van der Waals surface area contributed by atoms with Crippen LogP contribution >= 0.6 is 23.2 Å². The van der Waals surface area contributed by atoms with Gasteiger partial charge in [0.2, 0.25) is 0 Å². The Kier molecular flexibility index (Phi) is 5.84. The van der Waals surface area contributed by atoms with E-state index in [-0.39, 0.29) is 0 Å². The molecule has 0 bridgehead atoms. The van der Waals surface area contributed by atoms with Crippen molar-refractivity contribution in [3.8, 4) is 5.75 Å². The summed E-state index contributed by atoms with van der Waals surface area (Å²) in [5.74, 6) is -0.485. The quantitative estimate of drug-likeness (QED) is 0.830. The fraction of sp³-hybridized carbons (Fsp3) is 0.125. The molecule has 5 nitrogen and oxygen atoms in total. The second-order valence-corrected chi connectivity index (χ2v) is 5.54. The molecule has 0 heterocycles. The Bertz CT molecular complexity index is 705. The molecule has 7 heteroatoms. The average Bonchev–Trinajstić information content (AvgIpc) is 2.53. The van der Waals surface area contributed by atoms with E-state index in [9.17, 15) is 9.59 Å². The maximum atomic E-state index is 11.9. The molecule has 0 aromatic heterocycles. The van der Waals surface area contributed by atoms with Gasteiger partial charge in [0.25, 0.3) is 11.8 Å². The number of carbonyl (C=O) groups is 2. The molecule has 0 radical (unpaired) electrons. The summed E-state index contributed by atoms with van der Waals surface area (Å²) < 4.78 is 5.45. The highest BCUT2D eigenvalue weighted by Crippen LogP contribution is 2.18. The fourth-order valence-corrected chi connectivity index (χ4v) is 2.00. The largest absolute Gasteiger partial charge is 0.481 e. The standard InChI is InChI=1S/C16H14Cl2N2O3/c1-10(23-14-4-2-3-13(18)9-14)15(21)19-20-16(22)11-5-7-12(17)8-6-11/h2-10H,1H3,(H,19,21)(H,20,22). The van der Waals surface area contributed by atoms with E-state index in [0.29, 0.717) is 21.4 Å². The molecule has 0 spiro atoms. The van der Waals surface area contributed by atoms with E-state index >= 15 is 0 Å². The second-order valence-electron chi connectivity index (χ2n) is 4.67. The molecule has 2 amide bonds. The van der Waals surface area contributed by atoms with Gasteiger partial charge in [0.15, 0.2) is 6.10 Å². The minimum Gasteiger partial charge on any atom is -0.481 e. The molecule has 0 fully saturated rings. The van der Waals surface area contributed by atoms with Crippen molar-refractivity contribution in [2.24, 2.45) is 0 Å². The van der Waals surface area contributed by atoms with Crippen molar-refractivity contribution in [2.75, 3.05) is 0 Å². The van der Waals surface area contributed by atoms with Crippen molar-refractivity contribution in [3.63, 3.8) is 0 Å². The van der Waals surface area contributed by atoms with Crippen molar-refractivity contribution < 1.29 is 14.3 Å². The first kappa shape index (κ1) is 17.1. The molecule has 0 saturated heterocycles. The summed E-state index contributed by atoms with van der Waals surface area (Å²) in [6.45, 7) is 1.56. The van der Waals surface area contributed by atoms with Crippen molar-refractivity contribution in [1.29, 1.82) is 0 Å². The molecule has 2 aromatic rings. The van der Waals surface area contributed by atoms with Crippen molar-refractivity contribution in [1.82, 2.24) is 10.9 Å². The van der Waals surface area contributed by atoms with E-state index in [1.165, 1.54) is 0 Å². The van der Waals surface area contributed by atoms with E-state index in [2.05, 4.69) is 10.9 Å². The molecule has 1 atom stereocenters. The number of rotatable bonds is 4. The first-order valence-electron chi connectivity index (χ1n) is 6.73. The Hall–Kier alpha value is -2.24. The lowest BCUT2D eigenvalue weighted by Gasteiger charge is -2.15. The smallest absolute Gasteiger partial charge is 0.279 e. The number of nitrogens with one attached hydrogen (secondary N) is 2. The number of hydrogen-bond donors (Lipinski definition) is 2. The molecule has 0 aliphatic carbocycles. The first-order valence-corrected chi connectivity index (χ1v) is 7.49. The van der Waals surface area contributed by atoms with Crippen LogP contribution in [0.4, 0.5) is 0 Å². The Morgan fingerprint density at radius 3 is 2.35 bits per heavy atom. The normalized spacial score (nSPS) is 11.4. The van der Waals surface area contributed by atoms with Crippen LogP contribution in [0.15, 0.2) is 48.5 Å². The maximum absolute atomic E-state index is 11.9. The third-order valence-electron chi connectivity index (χ3n) is 2.88. The lowest BCUT2D eigenvalue weighted by molar-refractivity contribution is -0.128. The third-order valence-corrected chi connectivity index (χ3v) is 3.37. The van der Waals surface area contributed by atoms with Gasteiger partial charge in [0, 0.05) is 15.6 Å². The van der Waals surface area contributed by atoms with Crippen LogP contribution < -0.4 is 15.6 Å². The van der Waals surface area contributed by atoms with Crippen LogP contribution in [0.2, 0.25) is 10.0 Å². The minimum atomic E-state index is -0.806. The molecule has 0 aliphatic heterocycles. The predicted octanol–water partition coefficient (Wildman–Crippen LogP) is 3.22. The topological polar surface area (TPSA) is 67.4 Å². The second kappa shape index (κ2) is 7.85. The molecule has 2 N–H and O–H groups in total. The summed E-state index contributed by atoms with van der Waals surface area (Å²) in [5.41, 5.74) is 4.98. The Morgan fingerprint density at radius 1 is 1.00 bits per heavy atom. The zero-order valence-electron chi connectivity index (χ0n) is 12.2. The number of hydrogen-bond acceptors (Lipinski definition) is 3. The fourth-order valence-electron chi connectivity index (χ4n) is 1.69. The van der Waals surface area contributed by atoms with Gasteiger partial charge in [-0.15, -0.1) is 0 Å². The first-order chi connectivity index (χ1) is 11.0. The lowest BCUT2D eigenvalue weighted by atomic mass is 10.2. The Labute approximate surface area is 143 Å². The van der Waals surface area contributed by atoms with Crippen molar-refractivity contribution >= 4 is 35.0 Å². The van der Waals surface area contributed by atoms with Gasteiger partial charge < -0.3 is 4.74 Å². The van der Waals surface area contributed by atoms with Gasteiger partial charge in [-0.05, 0) is 49.4 Å². The van der Waals surface area contributed by atoms with Gasteiger partial charge >= 0.3 is 0 Å². The molecule has 0 saturated carbocycles. The number of ether oxygens (including phenoxy) is 1. The summed E-state index contributed by atoms with van der Waals surface area (Å²) in [7, 11) is 0. The summed E-state index contributed by atoms with van der Waals surface area (Å²) in [6, 6.07) is 13.0. The highest BCUT2D eigenvalue weighted by molar-refractivity contribution is 6.31.